The van der Waals surface area contributed by atoms with E-state index in [0.717, 1.165) is 29.8 Å². The van der Waals surface area contributed by atoms with Crippen molar-refractivity contribution in [2.75, 3.05) is 25.3 Å². The van der Waals surface area contributed by atoms with Crippen LogP contribution in [0, 0.1) is 0 Å². The molecule has 0 spiro atoms. The van der Waals surface area contributed by atoms with Crippen LogP contribution in [0.1, 0.15) is 31.6 Å². The van der Waals surface area contributed by atoms with Crippen LogP contribution in [0.15, 0.2) is 41.6 Å². The highest BCUT2D eigenvalue weighted by Gasteiger charge is 2.27. The number of methoxy groups -OCH3 is 2. The number of fused-ring (bicyclic) bond motifs is 3. The summed E-state index contributed by atoms with van der Waals surface area (Å²) in [5.41, 5.74) is 2.96. The molecule has 0 aliphatic carbocycles. The van der Waals surface area contributed by atoms with Gasteiger partial charge in [-0.1, -0.05) is 43.3 Å². The summed E-state index contributed by atoms with van der Waals surface area (Å²) in [6.45, 7) is 2.15. The Kier molecular flexibility index (Phi) is 6.31. The molecular formula is C22H24N4O4S. The minimum Gasteiger partial charge on any atom is -0.502 e. The fourth-order valence-corrected chi connectivity index (χ4v) is 4.09. The van der Waals surface area contributed by atoms with E-state index in [9.17, 15) is 5.11 Å². The zero-order valence-electron chi connectivity index (χ0n) is 17.6. The van der Waals surface area contributed by atoms with Crippen LogP contribution in [-0.4, -0.2) is 40.3 Å². The molecule has 31 heavy (non-hydrogen) atoms. The van der Waals surface area contributed by atoms with E-state index < -0.39 is 6.23 Å². The van der Waals surface area contributed by atoms with Crippen molar-refractivity contribution in [3.05, 3.63) is 42.0 Å². The molecule has 0 unspecified atom stereocenters. The summed E-state index contributed by atoms with van der Waals surface area (Å²) in [5, 5.41) is 23.0. The molecule has 1 aromatic heterocycles. The number of nitrogens with one attached hydrogen (secondary N) is 1. The second kappa shape index (κ2) is 9.30. The largest absolute Gasteiger partial charge is 0.502 e. The number of phenols is 1. The van der Waals surface area contributed by atoms with Gasteiger partial charge in [-0.05, 0) is 24.6 Å². The van der Waals surface area contributed by atoms with Gasteiger partial charge in [-0.25, -0.2) is 0 Å². The molecule has 0 radical (unpaired) electrons. The average Bonchev–Trinajstić information content (AvgIpc) is 2.96. The van der Waals surface area contributed by atoms with E-state index in [1.54, 1.807) is 23.9 Å². The number of anilines is 1. The third kappa shape index (κ3) is 4.32. The van der Waals surface area contributed by atoms with Crippen LogP contribution in [-0.2, 0) is 0 Å². The molecule has 9 heteroatoms. The van der Waals surface area contributed by atoms with Gasteiger partial charge in [0.1, 0.15) is 0 Å². The minimum atomic E-state index is -0.615. The molecule has 8 nitrogen and oxygen atoms in total. The smallest absolute Gasteiger partial charge is 0.247 e. The fourth-order valence-electron chi connectivity index (χ4n) is 3.23. The third-order valence-electron chi connectivity index (χ3n) is 4.87. The predicted octanol–water partition coefficient (Wildman–Crippen LogP) is 4.66. The summed E-state index contributed by atoms with van der Waals surface area (Å²) in [6, 6.07) is 11.2. The Morgan fingerprint density at radius 1 is 1.13 bits per heavy atom. The molecule has 2 aromatic carbocycles. The Hall–Kier alpha value is -3.20. The Balaban J connectivity index is 1.77. The lowest BCUT2D eigenvalue weighted by atomic mass is 10.1. The number of para-hydroxylation sites is 1. The standard InChI is InChI=1S/C22H24N4O4S/c1-4-5-10-31-22-24-21-18(25-26-22)14-8-6-7-9-15(14)23-20(30-21)13-11-16(28-2)19(27)17(12-13)29-3/h6-9,11-12,20,23,27H,4-5,10H2,1-3H3/t20-/m0/s1. The average molecular weight is 441 g/mol. The van der Waals surface area contributed by atoms with E-state index in [1.807, 2.05) is 24.3 Å². The van der Waals surface area contributed by atoms with E-state index >= 15 is 0 Å². The van der Waals surface area contributed by atoms with Gasteiger partial charge < -0.3 is 24.6 Å². The molecule has 4 rings (SSSR count). The van der Waals surface area contributed by atoms with Gasteiger partial charge in [-0.2, -0.15) is 4.98 Å². The third-order valence-corrected chi connectivity index (χ3v) is 5.79. The van der Waals surface area contributed by atoms with Crippen LogP contribution in [0.2, 0.25) is 0 Å². The number of hydrogen-bond donors (Lipinski definition) is 2. The molecule has 2 N–H and O–H groups in total. The summed E-state index contributed by atoms with van der Waals surface area (Å²) in [5.74, 6) is 1.81. The number of ether oxygens (including phenoxy) is 3. The predicted molar refractivity (Wildman–Crippen MR) is 119 cm³/mol. The van der Waals surface area contributed by atoms with Crippen molar-refractivity contribution in [1.29, 1.82) is 0 Å². The number of benzene rings is 2. The number of hydrogen-bond acceptors (Lipinski definition) is 9. The molecule has 3 aromatic rings. The SMILES string of the molecule is CCCCSc1nnc2c(n1)O[C@@H](c1cc(OC)c(O)c(OC)c1)Nc1ccccc1-2. The number of rotatable bonds is 7. The maximum atomic E-state index is 10.3. The number of nitrogens with zero attached hydrogens (tertiary/aromatic N) is 3. The van der Waals surface area contributed by atoms with Gasteiger partial charge >= 0.3 is 0 Å². The normalized spacial score (nSPS) is 14.5. The van der Waals surface area contributed by atoms with E-state index in [4.69, 9.17) is 14.2 Å². The minimum absolute atomic E-state index is 0.0678. The van der Waals surface area contributed by atoms with Crippen LogP contribution < -0.4 is 19.5 Å². The summed E-state index contributed by atoms with van der Waals surface area (Å²) < 4.78 is 16.9. The van der Waals surface area contributed by atoms with Crippen molar-refractivity contribution in [3.63, 3.8) is 0 Å². The van der Waals surface area contributed by atoms with Gasteiger partial charge in [0.05, 0.1) is 14.2 Å². The molecule has 162 valence electrons. The van der Waals surface area contributed by atoms with Crippen LogP contribution in [0.3, 0.4) is 0 Å². The second-order valence-electron chi connectivity index (χ2n) is 6.91. The first-order valence-corrected chi connectivity index (χ1v) is 11.0. The van der Waals surface area contributed by atoms with Crippen molar-refractivity contribution in [3.8, 4) is 34.4 Å². The molecule has 1 atom stereocenters. The second-order valence-corrected chi connectivity index (χ2v) is 7.97. The lowest BCUT2D eigenvalue weighted by molar-refractivity contribution is 0.223. The van der Waals surface area contributed by atoms with Crippen LogP contribution >= 0.6 is 11.8 Å². The van der Waals surface area contributed by atoms with Crippen molar-refractivity contribution in [2.24, 2.45) is 0 Å². The monoisotopic (exact) mass is 440 g/mol. The maximum Gasteiger partial charge on any atom is 0.247 e. The maximum absolute atomic E-state index is 10.3. The summed E-state index contributed by atoms with van der Waals surface area (Å²) in [4.78, 5) is 4.64. The van der Waals surface area contributed by atoms with E-state index in [0.29, 0.717) is 22.3 Å². The highest BCUT2D eigenvalue weighted by Crippen LogP contribution is 2.43. The topological polar surface area (TPSA) is 98.6 Å². The number of phenolic OH excluding ortho intramolecular Hbond substituents is 1. The summed E-state index contributed by atoms with van der Waals surface area (Å²) in [7, 11) is 2.97. The van der Waals surface area contributed by atoms with Gasteiger partial charge in [-0.3, -0.25) is 0 Å². The Bertz CT molecular complexity index is 1050. The number of aromatic hydroxyl groups is 1. The first-order valence-electron chi connectivity index (χ1n) is 9.99. The molecule has 1 aliphatic heterocycles. The fraction of sp³-hybridized carbons (Fsp3) is 0.318. The number of unbranched alkanes of at least 4 members (excludes halogenated alkanes) is 1. The lowest BCUT2D eigenvalue weighted by Crippen LogP contribution is -2.17. The van der Waals surface area contributed by atoms with E-state index in [2.05, 4.69) is 27.4 Å². The van der Waals surface area contributed by atoms with Crippen LogP contribution in [0.25, 0.3) is 11.3 Å². The zero-order chi connectivity index (χ0) is 21.8. The number of thioether (sulfide) groups is 1. The van der Waals surface area contributed by atoms with Crippen LogP contribution in [0.4, 0.5) is 5.69 Å². The van der Waals surface area contributed by atoms with Crippen molar-refractivity contribution >= 4 is 17.4 Å². The highest BCUT2D eigenvalue weighted by atomic mass is 32.2. The molecule has 0 saturated heterocycles. The summed E-state index contributed by atoms with van der Waals surface area (Å²) in [6.07, 6.45) is 1.56. The first-order chi connectivity index (χ1) is 15.1. The van der Waals surface area contributed by atoms with Crippen LogP contribution in [0.5, 0.6) is 23.1 Å². The molecular weight excluding hydrogens is 416 g/mol. The Morgan fingerprint density at radius 2 is 1.87 bits per heavy atom. The van der Waals surface area contributed by atoms with Gasteiger partial charge in [0.2, 0.25) is 16.8 Å². The molecule has 0 bridgehead atoms. The van der Waals surface area contributed by atoms with Crippen molar-refractivity contribution < 1.29 is 19.3 Å². The molecule has 2 heterocycles. The van der Waals surface area contributed by atoms with Gasteiger partial charge in [-0.15, -0.1) is 10.2 Å². The highest BCUT2D eigenvalue weighted by molar-refractivity contribution is 7.99. The van der Waals surface area contributed by atoms with E-state index in [1.165, 1.54) is 14.2 Å². The van der Waals surface area contributed by atoms with Gasteiger partial charge in [0.15, 0.2) is 23.4 Å². The van der Waals surface area contributed by atoms with Crippen molar-refractivity contribution in [1.82, 2.24) is 15.2 Å². The molecule has 0 amide bonds. The molecule has 0 fully saturated rings. The van der Waals surface area contributed by atoms with E-state index in [-0.39, 0.29) is 17.2 Å². The van der Waals surface area contributed by atoms with Crippen molar-refractivity contribution in [2.45, 2.75) is 31.1 Å². The number of aromatic nitrogens is 3. The Labute approximate surface area is 185 Å². The quantitative estimate of drug-likeness (QED) is 0.401. The van der Waals surface area contributed by atoms with Gasteiger partial charge in [0.25, 0.3) is 0 Å². The molecule has 0 saturated carbocycles. The lowest BCUT2D eigenvalue weighted by Gasteiger charge is -2.21. The Morgan fingerprint density at radius 3 is 2.58 bits per heavy atom. The summed E-state index contributed by atoms with van der Waals surface area (Å²) >= 11 is 1.56. The zero-order valence-corrected chi connectivity index (χ0v) is 18.4. The first kappa shape index (κ1) is 21.0. The molecule has 1 aliphatic rings. The van der Waals surface area contributed by atoms with Gasteiger partial charge in [0, 0.05) is 22.6 Å².